The van der Waals surface area contributed by atoms with Gasteiger partial charge in [-0.25, -0.2) is 9.79 Å². The Bertz CT molecular complexity index is 1600. The van der Waals surface area contributed by atoms with Crippen LogP contribution in [-0.2, 0) is 14.3 Å². The standard InChI is InChI=1S/C27H23BrN2O6S/c1-5-12-35-26(33)23-15(2)29-27-30(25(32)22(37-27)13-17-6-9-19(28)10-7-17)24(23)18-8-11-20(36-16(3)31)21(14-18)34-4/h5-11,13-14,24H,1,12H2,2-4H3. The fourth-order valence-electron chi connectivity index (χ4n) is 3.91. The van der Waals surface area contributed by atoms with Gasteiger partial charge < -0.3 is 14.2 Å². The van der Waals surface area contributed by atoms with E-state index in [1.165, 1.54) is 36.0 Å². The SMILES string of the molecule is C=CCOC(=O)C1=C(C)N=c2sc(=Cc3ccc(Br)cc3)c(=O)n2C1c1ccc(OC(C)=O)c(OC)c1. The van der Waals surface area contributed by atoms with Crippen LogP contribution in [0.15, 0.2) is 80.6 Å². The molecule has 190 valence electrons. The number of esters is 2. The van der Waals surface area contributed by atoms with Gasteiger partial charge >= 0.3 is 11.9 Å². The molecule has 2 heterocycles. The number of benzene rings is 2. The van der Waals surface area contributed by atoms with Crippen molar-refractivity contribution >= 4 is 45.3 Å². The lowest BCUT2D eigenvalue weighted by Crippen LogP contribution is -2.40. The van der Waals surface area contributed by atoms with E-state index in [-0.39, 0.29) is 29.2 Å². The Balaban J connectivity index is 1.93. The molecule has 0 bridgehead atoms. The number of methoxy groups -OCH3 is 1. The molecule has 37 heavy (non-hydrogen) atoms. The first-order valence-electron chi connectivity index (χ1n) is 11.2. The fourth-order valence-corrected chi connectivity index (χ4v) is 5.23. The monoisotopic (exact) mass is 582 g/mol. The number of carbonyl (C=O) groups is 2. The largest absolute Gasteiger partial charge is 0.493 e. The van der Waals surface area contributed by atoms with E-state index < -0.39 is 18.0 Å². The number of halogens is 1. The molecule has 0 amide bonds. The third-order valence-electron chi connectivity index (χ3n) is 5.50. The minimum atomic E-state index is -0.846. The molecule has 0 fully saturated rings. The molecule has 1 unspecified atom stereocenters. The topological polar surface area (TPSA) is 96.2 Å². The van der Waals surface area contributed by atoms with Crippen molar-refractivity contribution in [1.29, 1.82) is 0 Å². The van der Waals surface area contributed by atoms with Crippen molar-refractivity contribution in [2.75, 3.05) is 13.7 Å². The second-order valence-corrected chi connectivity index (χ2v) is 9.95. The molecule has 1 atom stereocenters. The lowest BCUT2D eigenvalue weighted by atomic mass is 9.95. The minimum absolute atomic E-state index is 0.00499. The second-order valence-electron chi connectivity index (χ2n) is 8.02. The van der Waals surface area contributed by atoms with Crippen LogP contribution in [-0.4, -0.2) is 30.2 Å². The van der Waals surface area contributed by atoms with Crippen LogP contribution in [0.2, 0.25) is 0 Å². The number of fused-ring (bicyclic) bond motifs is 1. The summed E-state index contributed by atoms with van der Waals surface area (Å²) in [6.45, 7) is 6.59. The quantitative estimate of drug-likeness (QED) is 0.240. The smallest absolute Gasteiger partial charge is 0.338 e. The van der Waals surface area contributed by atoms with E-state index in [0.29, 0.717) is 20.6 Å². The van der Waals surface area contributed by atoms with Crippen molar-refractivity contribution in [2.24, 2.45) is 4.99 Å². The van der Waals surface area contributed by atoms with Crippen LogP contribution in [0.3, 0.4) is 0 Å². The molecule has 0 aliphatic carbocycles. The van der Waals surface area contributed by atoms with E-state index in [1.54, 1.807) is 31.2 Å². The molecule has 2 aromatic carbocycles. The van der Waals surface area contributed by atoms with Crippen LogP contribution >= 0.6 is 27.3 Å². The molecule has 0 saturated carbocycles. The second kappa shape index (κ2) is 11.1. The summed E-state index contributed by atoms with van der Waals surface area (Å²) < 4.78 is 18.9. The Morgan fingerprint density at radius 1 is 1.19 bits per heavy atom. The Morgan fingerprint density at radius 2 is 1.92 bits per heavy atom. The molecule has 0 N–H and O–H groups in total. The van der Waals surface area contributed by atoms with Gasteiger partial charge in [-0.3, -0.25) is 14.2 Å². The van der Waals surface area contributed by atoms with Gasteiger partial charge in [0.15, 0.2) is 16.3 Å². The van der Waals surface area contributed by atoms with Gasteiger partial charge in [0.05, 0.1) is 29.0 Å². The Hall–Kier alpha value is -3.76. The first-order valence-corrected chi connectivity index (χ1v) is 12.8. The summed E-state index contributed by atoms with van der Waals surface area (Å²) in [7, 11) is 1.44. The van der Waals surface area contributed by atoms with Crippen molar-refractivity contribution in [1.82, 2.24) is 4.57 Å². The lowest BCUT2D eigenvalue weighted by molar-refractivity contribution is -0.138. The van der Waals surface area contributed by atoms with E-state index >= 15 is 0 Å². The zero-order valence-electron chi connectivity index (χ0n) is 20.3. The number of ether oxygens (including phenoxy) is 3. The molecule has 1 aliphatic rings. The molecule has 0 spiro atoms. The van der Waals surface area contributed by atoms with Crippen molar-refractivity contribution in [3.05, 3.63) is 102 Å². The van der Waals surface area contributed by atoms with Crippen molar-refractivity contribution < 1.29 is 23.8 Å². The van der Waals surface area contributed by atoms with Crippen LogP contribution in [0.4, 0.5) is 0 Å². The summed E-state index contributed by atoms with van der Waals surface area (Å²) in [5.41, 5.74) is 1.74. The molecule has 10 heteroatoms. The lowest BCUT2D eigenvalue weighted by Gasteiger charge is -2.25. The number of thiazole rings is 1. The van der Waals surface area contributed by atoms with E-state index in [2.05, 4.69) is 27.5 Å². The number of rotatable bonds is 7. The number of carbonyl (C=O) groups excluding carboxylic acids is 2. The van der Waals surface area contributed by atoms with Gasteiger partial charge in [-0.15, -0.1) is 0 Å². The van der Waals surface area contributed by atoms with Crippen LogP contribution in [0, 0.1) is 0 Å². The molecular formula is C27H23BrN2O6S. The highest BCUT2D eigenvalue weighted by molar-refractivity contribution is 9.10. The van der Waals surface area contributed by atoms with E-state index in [4.69, 9.17) is 14.2 Å². The summed E-state index contributed by atoms with van der Waals surface area (Å²) in [4.78, 5) is 43.4. The zero-order valence-corrected chi connectivity index (χ0v) is 22.7. The number of aromatic nitrogens is 1. The average molecular weight is 583 g/mol. The highest BCUT2D eigenvalue weighted by Gasteiger charge is 2.34. The molecule has 3 aromatic rings. The van der Waals surface area contributed by atoms with Gasteiger partial charge in [-0.05, 0) is 48.4 Å². The van der Waals surface area contributed by atoms with Crippen molar-refractivity contribution in [2.45, 2.75) is 19.9 Å². The van der Waals surface area contributed by atoms with Crippen LogP contribution in [0.25, 0.3) is 6.08 Å². The predicted molar refractivity (Wildman–Crippen MR) is 143 cm³/mol. The molecule has 1 aliphatic heterocycles. The summed E-state index contributed by atoms with van der Waals surface area (Å²) >= 11 is 4.64. The molecule has 0 radical (unpaired) electrons. The van der Waals surface area contributed by atoms with Crippen molar-refractivity contribution in [3.8, 4) is 11.5 Å². The summed E-state index contributed by atoms with van der Waals surface area (Å²) in [6, 6.07) is 11.6. The highest BCUT2D eigenvalue weighted by atomic mass is 79.9. The van der Waals surface area contributed by atoms with Gasteiger partial charge in [-0.2, -0.15) is 0 Å². The summed E-state index contributed by atoms with van der Waals surface area (Å²) in [5.74, 6) is -0.621. The highest BCUT2D eigenvalue weighted by Crippen LogP contribution is 2.36. The van der Waals surface area contributed by atoms with Gasteiger partial charge in [-0.1, -0.05) is 58.1 Å². The number of allylic oxidation sites excluding steroid dienone is 1. The normalized spacial score (nSPS) is 15.0. The zero-order chi connectivity index (χ0) is 26.7. The minimum Gasteiger partial charge on any atom is -0.493 e. The molecule has 1 aromatic heterocycles. The molecular weight excluding hydrogens is 560 g/mol. The average Bonchev–Trinajstić information content (AvgIpc) is 3.17. The predicted octanol–water partition coefficient (Wildman–Crippen LogP) is 3.66. The van der Waals surface area contributed by atoms with E-state index in [0.717, 1.165) is 10.0 Å². The number of nitrogens with zero attached hydrogens (tertiary/aromatic N) is 2. The van der Waals surface area contributed by atoms with Crippen LogP contribution < -0.4 is 24.4 Å². The van der Waals surface area contributed by atoms with Gasteiger partial charge in [0.2, 0.25) is 0 Å². The van der Waals surface area contributed by atoms with Gasteiger partial charge in [0.25, 0.3) is 5.56 Å². The number of hydrogen-bond donors (Lipinski definition) is 0. The first-order chi connectivity index (χ1) is 17.7. The maximum atomic E-state index is 13.7. The Morgan fingerprint density at radius 3 is 2.57 bits per heavy atom. The maximum absolute atomic E-state index is 13.7. The first kappa shape index (κ1) is 26.3. The Kier molecular flexibility index (Phi) is 7.89. The van der Waals surface area contributed by atoms with Gasteiger partial charge in [0, 0.05) is 11.4 Å². The third-order valence-corrected chi connectivity index (χ3v) is 7.01. The summed E-state index contributed by atoms with van der Waals surface area (Å²) in [6.07, 6.45) is 3.25. The molecule has 0 saturated heterocycles. The molecule has 4 rings (SSSR count). The Labute approximate surface area is 225 Å². The van der Waals surface area contributed by atoms with Gasteiger partial charge in [0.1, 0.15) is 6.61 Å². The maximum Gasteiger partial charge on any atom is 0.338 e. The van der Waals surface area contributed by atoms with Crippen LogP contribution in [0.1, 0.15) is 31.0 Å². The van der Waals surface area contributed by atoms with E-state index in [9.17, 15) is 14.4 Å². The number of hydrogen-bond acceptors (Lipinski definition) is 8. The summed E-state index contributed by atoms with van der Waals surface area (Å²) in [5, 5.41) is 0. The van der Waals surface area contributed by atoms with E-state index in [1.807, 2.05) is 24.3 Å². The van der Waals surface area contributed by atoms with Crippen LogP contribution in [0.5, 0.6) is 11.5 Å². The third kappa shape index (κ3) is 5.50. The van der Waals surface area contributed by atoms with Crippen molar-refractivity contribution in [3.63, 3.8) is 0 Å². The molecule has 8 nitrogen and oxygen atoms in total. The fraction of sp³-hybridized carbons (Fsp3) is 0.185.